The lowest BCUT2D eigenvalue weighted by Gasteiger charge is -2.39. The van der Waals surface area contributed by atoms with Gasteiger partial charge in [0.05, 0.1) is 6.04 Å². The summed E-state index contributed by atoms with van der Waals surface area (Å²) in [6.07, 6.45) is 8.44. The van der Waals surface area contributed by atoms with Crippen LogP contribution in [0.15, 0.2) is 59.3 Å². The monoisotopic (exact) mass is 417 g/mol. The number of hydrogen-bond donors (Lipinski definition) is 0. The highest BCUT2D eigenvalue weighted by molar-refractivity contribution is 5.15. The molecule has 1 atom stereocenters. The first-order valence-corrected chi connectivity index (χ1v) is 11.4. The number of likely N-dealkylation sites (tertiary alicyclic amines) is 2. The lowest BCUT2D eigenvalue weighted by Crippen LogP contribution is -2.41. The van der Waals surface area contributed by atoms with Crippen molar-refractivity contribution < 1.29 is 4.42 Å². The SMILES string of the molecule is Cc1nnc(C2CC3(CCN(Cc4cccnc4)CC3)CN2CCc2ccccc2)o1. The van der Waals surface area contributed by atoms with Gasteiger partial charge in [-0.25, -0.2) is 0 Å². The minimum Gasteiger partial charge on any atom is -0.424 e. The van der Waals surface area contributed by atoms with E-state index >= 15 is 0 Å². The molecular weight excluding hydrogens is 386 g/mol. The van der Waals surface area contributed by atoms with Gasteiger partial charge in [0.2, 0.25) is 11.8 Å². The predicted octanol–water partition coefficient (Wildman–Crippen LogP) is 4.04. The molecule has 6 heteroatoms. The summed E-state index contributed by atoms with van der Waals surface area (Å²) < 4.78 is 5.90. The van der Waals surface area contributed by atoms with Crippen molar-refractivity contribution in [2.45, 2.75) is 45.2 Å². The molecule has 1 spiro atoms. The number of nitrogens with zero attached hydrogens (tertiary/aromatic N) is 5. The maximum absolute atomic E-state index is 5.90. The summed E-state index contributed by atoms with van der Waals surface area (Å²) in [5.41, 5.74) is 3.03. The number of benzene rings is 1. The van der Waals surface area contributed by atoms with E-state index < -0.39 is 0 Å². The Morgan fingerprint density at radius 3 is 2.55 bits per heavy atom. The first-order chi connectivity index (χ1) is 15.2. The van der Waals surface area contributed by atoms with Crippen LogP contribution in [0.1, 0.15) is 48.2 Å². The van der Waals surface area contributed by atoms with Gasteiger partial charge in [-0.05, 0) is 61.4 Å². The largest absolute Gasteiger partial charge is 0.424 e. The molecule has 2 aliphatic rings. The standard InChI is InChI=1S/C25H31N5O/c1-20-27-28-24(31-20)23-16-25(19-30(23)13-9-21-6-3-2-4-7-21)10-14-29(15-11-25)18-22-8-5-12-26-17-22/h2-8,12,17,23H,9-11,13-16,18-19H2,1H3. The molecule has 31 heavy (non-hydrogen) atoms. The first kappa shape index (κ1) is 20.3. The second-order valence-electron chi connectivity index (χ2n) is 9.22. The minimum absolute atomic E-state index is 0.231. The van der Waals surface area contributed by atoms with E-state index in [1.54, 1.807) is 0 Å². The van der Waals surface area contributed by atoms with Gasteiger partial charge in [0.25, 0.3) is 0 Å². The Bertz CT molecular complexity index is 966. The summed E-state index contributed by atoms with van der Waals surface area (Å²) in [5.74, 6) is 1.45. The molecule has 1 unspecified atom stereocenters. The van der Waals surface area contributed by atoms with Gasteiger partial charge in [-0.15, -0.1) is 10.2 Å². The summed E-state index contributed by atoms with van der Waals surface area (Å²) >= 11 is 0. The Balaban J connectivity index is 1.26. The van der Waals surface area contributed by atoms with E-state index in [2.05, 4.69) is 61.4 Å². The molecule has 0 amide bonds. The Hall–Kier alpha value is -2.57. The zero-order valence-electron chi connectivity index (χ0n) is 18.3. The van der Waals surface area contributed by atoms with Gasteiger partial charge in [-0.3, -0.25) is 14.8 Å². The number of aromatic nitrogens is 3. The number of aryl methyl sites for hydroxylation is 1. The molecule has 0 radical (unpaired) electrons. The van der Waals surface area contributed by atoms with E-state index in [-0.39, 0.29) is 6.04 Å². The lowest BCUT2D eigenvalue weighted by molar-refractivity contribution is 0.103. The van der Waals surface area contributed by atoms with Crippen molar-refractivity contribution in [2.75, 3.05) is 26.2 Å². The van der Waals surface area contributed by atoms with E-state index in [4.69, 9.17) is 4.42 Å². The topological polar surface area (TPSA) is 58.3 Å². The smallest absolute Gasteiger partial charge is 0.233 e. The molecular formula is C25H31N5O. The molecule has 2 saturated heterocycles. The van der Waals surface area contributed by atoms with Gasteiger partial charge in [-0.2, -0.15) is 0 Å². The summed E-state index contributed by atoms with van der Waals surface area (Å²) in [6.45, 7) is 7.29. The number of piperidine rings is 1. The molecule has 0 saturated carbocycles. The quantitative estimate of drug-likeness (QED) is 0.603. The molecule has 5 rings (SSSR count). The van der Waals surface area contributed by atoms with Crippen molar-refractivity contribution in [2.24, 2.45) is 5.41 Å². The van der Waals surface area contributed by atoms with Crippen LogP contribution in [0.5, 0.6) is 0 Å². The van der Waals surface area contributed by atoms with Crippen LogP contribution < -0.4 is 0 Å². The van der Waals surface area contributed by atoms with Gasteiger partial charge in [0.1, 0.15) is 0 Å². The highest BCUT2D eigenvalue weighted by Gasteiger charge is 2.47. The van der Waals surface area contributed by atoms with E-state index in [9.17, 15) is 0 Å². The molecule has 6 nitrogen and oxygen atoms in total. The summed E-state index contributed by atoms with van der Waals surface area (Å²) in [5, 5.41) is 8.53. The Labute approximate surface area is 184 Å². The second-order valence-corrected chi connectivity index (χ2v) is 9.22. The Morgan fingerprint density at radius 2 is 1.84 bits per heavy atom. The molecule has 2 aliphatic heterocycles. The molecule has 0 bridgehead atoms. The van der Waals surface area contributed by atoms with E-state index in [0.29, 0.717) is 11.3 Å². The van der Waals surface area contributed by atoms with Gasteiger partial charge in [0, 0.05) is 39.0 Å². The number of pyridine rings is 1. The average Bonchev–Trinajstić information content (AvgIpc) is 3.39. The van der Waals surface area contributed by atoms with Crippen LogP contribution in [-0.4, -0.2) is 51.2 Å². The van der Waals surface area contributed by atoms with E-state index in [0.717, 1.165) is 51.5 Å². The van der Waals surface area contributed by atoms with E-state index in [1.165, 1.54) is 24.0 Å². The third-order valence-corrected chi connectivity index (χ3v) is 7.01. The summed E-state index contributed by atoms with van der Waals surface area (Å²) in [7, 11) is 0. The first-order valence-electron chi connectivity index (χ1n) is 11.4. The predicted molar refractivity (Wildman–Crippen MR) is 119 cm³/mol. The highest BCUT2D eigenvalue weighted by Crippen LogP contribution is 2.48. The van der Waals surface area contributed by atoms with Gasteiger partial charge in [-0.1, -0.05) is 36.4 Å². The van der Waals surface area contributed by atoms with Crippen molar-refractivity contribution in [3.63, 3.8) is 0 Å². The average molecular weight is 418 g/mol. The normalized spacial score (nSPS) is 21.6. The van der Waals surface area contributed by atoms with Crippen LogP contribution in [0, 0.1) is 12.3 Å². The van der Waals surface area contributed by atoms with Crippen LogP contribution in [0.25, 0.3) is 0 Å². The van der Waals surface area contributed by atoms with Crippen LogP contribution in [0.2, 0.25) is 0 Å². The van der Waals surface area contributed by atoms with Crippen LogP contribution >= 0.6 is 0 Å². The zero-order chi connectivity index (χ0) is 21.1. The van der Waals surface area contributed by atoms with Crippen molar-refractivity contribution in [1.29, 1.82) is 0 Å². The van der Waals surface area contributed by atoms with Gasteiger partial charge >= 0.3 is 0 Å². The van der Waals surface area contributed by atoms with Crippen molar-refractivity contribution in [3.05, 3.63) is 77.8 Å². The Morgan fingerprint density at radius 1 is 1.03 bits per heavy atom. The maximum Gasteiger partial charge on any atom is 0.233 e. The van der Waals surface area contributed by atoms with E-state index in [1.807, 2.05) is 25.4 Å². The fraction of sp³-hybridized carbons (Fsp3) is 0.480. The molecule has 4 heterocycles. The number of rotatable bonds is 6. The molecule has 0 N–H and O–H groups in total. The highest BCUT2D eigenvalue weighted by atomic mass is 16.4. The molecule has 162 valence electrons. The van der Waals surface area contributed by atoms with Crippen LogP contribution in [0.4, 0.5) is 0 Å². The summed E-state index contributed by atoms with van der Waals surface area (Å²) in [6, 6.07) is 15.2. The maximum atomic E-state index is 5.90. The van der Waals surface area contributed by atoms with Gasteiger partial charge < -0.3 is 4.42 Å². The molecule has 0 aliphatic carbocycles. The number of hydrogen-bond acceptors (Lipinski definition) is 6. The van der Waals surface area contributed by atoms with Crippen molar-refractivity contribution >= 4 is 0 Å². The van der Waals surface area contributed by atoms with Crippen LogP contribution in [-0.2, 0) is 13.0 Å². The molecule has 2 aromatic heterocycles. The third kappa shape index (κ3) is 4.70. The Kier molecular flexibility index (Phi) is 5.83. The third-order valence-electron chi connectivity index (χ3n) is 7.01. The second kappa shape index (κ2) is 8.89. The zero-order valence-corrected chi connectivity index (χ0v) is 18.3. The molecule has 3 aromatic rings. The minimum atomic E-state index is 0.231. The lowest BCUT2D eigenvalue weighted by atomic mass is 9.76. The van der Waals surface area contributed by atoms with Gasteiger partial charge in [0.15, 0.2) is 0 Å². The fourth-order valence-corrected chi connectivity index (χ4v) is 5.28. The van der Waals surface area contributed by atoms with Crippen molar-refractivity contribution in [3.8, 4) is 0 Å². The van der Waals surface area contributed by atoms with Crippen LogP contribution in [0.3, 0.4) is 0 Å². The summed E-state index contributed by atoms with van der Waals surface area (Å²) in [4.78, 5) is 9.43. The fourth-order valence-electron chi connectivity index (χ4n) is 5.28. The molecule has 2 fully saturated rings. The van der Waals surface area contributed by atoms with Crippen molar-refractivity contribution in [1.82, 2.24) is 25.0 Å². The molecule has 1 aromatic carbocycles.